The summed E-state index contributed by atoms with van der Waals surface area (Å²) in [6.45, 7) is 0. The zero-order valence-electron chi connectivity index (χ0n) is 15.5. The van der Waals surface area contributed by atoms with Gasteiger partial charge in [0.15, 0.2) is 0 Å². The Morgan fingerprint density at radius 2 is 0.739 bits per heavy atom. The van der Waals surface area contributed by atoms with Crippen LogP contribution in [0.25, 0.3) is 0 Å². The van der Waals surface area contributed by atoms with Gasteiger partial charge in [-0.05, 0) is 62.5 Å². The molecule has 1 nitrogen and oxygen atoms in total. The van der Waals surface area contributed by atoms with Crippen molar-refractivity contribution in [1.29, 1.82) is 0 Å². The summed E-state index contributed by atoms with van der Waals surface area (Å²) in [5.74, 6) is 0. The summed E-state index contributed by atoms with van der Waals surface area (Å²) in [6, 6.07) is 0. The molecular formula is C22H37N. The molecule has 3 rings (SSSR count). The number of fused-ring (bicyclic) bond motifs is 3. The Labute approximate surface area is 143 Å². The maximum Gasteiger partial charge on any atom is 0.0209 e. The second-order valence-corrected chi connectivity index (χ2v) is 8.01. The van der Waals surface area contributed by atoms with Crippen molar-refractivity contribution in [3.05, 3.63) is 22.5 Å². The molecule has 0 bridgehead atoms. The molecule has 1 heteroatoms. The van der Waals surface area contributed by atoms with Crippen LogP contribution in [0.1, 0.15) is 106 Å². The van der Waals surface area contributed by atoms with Crippen molar-refractivity contribution in [1.82, 2.24) is 4.57 Å². The summed E-state index contributed by atoms with van der Waals surface area (Å²) in [6.07, 6.45) is 24.1. The van der Waals surface area contributed by atoms with E-state index in [1.165, 1.54) is 109 Å². The van der Waals surface area contributed by atoms with E-state index >= 15 is 0 Å². The van der Waals surface area contributed by atoms with Crippen molar-refractivity contribution < 1.29 is 0 Å². The smallest absolute Gasteiger partial charge is 0.0209 e. The Morgan fingerprint density at radius 3 is 1.13 bits per heavy atom. The van der Waals surface area contributed by atoms with Crippen LogP contribution in [-0.2, 0) is 32.7 Å². The Morgan fingerprint density at radius 1 is 0.435 bits per heavy atom. The molecule has 0 unspecified atom stereocenters. The van der Waals surface area contributed by atoms with Gasteiger partial charge in [-0.25, -0.2) is 0 Å². The first kappa shape index (κ1) is 17.1. The Balaban J connectivity index is 1.87. The largest absolute Gasteiger partial charge is 0.351 e. The van der Waals surface area contributed by atoms with E-state index in [-0.39, 0.29) is 0 Å². The summed E-state index contributed by atoms with van der Waals surface area (Å²) in [4.78, 5) is 0. The van der Waals surface area contributed by atoms with Crippen LogP contribution in [0.5, 0.6) is 0 Å². The first-order valence-electron chi connectivity index (χ1n) is 10.6. The lowest BCUT2D eigenvalue weighted by Gasteiger charge is -2.11. The first-order valence-corrected chi connectivity index (χ1v) is 10.6. The van der Waals surface area contributed by atoms with E-state index in [2.05, 4.69) is 11.6 Å². The van der Waals surface area contributed by atoms with Crippen LogP contribution in [0.2, 0.25) is 0 Å². The Hall–Kier alpha value is -0.720. The predicted molar refractivity (Wildman–Crippen MR) is 100 cm³/mol. The molecule has 1 aromatic heterocycles. The van der Waals surface area contributed by atoms with E-state index in [1.54, 1.807) is 22.5 Å². The highest BCUT2D eigenvalue weighted by molar-refractivity contribution is 5.39. The standard InChI is InChI=1S/C22H37N/c1-23-21-17-13-9-5-3-2-4-7-11-15-19(21)20-16-12-8-6-10-14-18-22(20)23/h2-18H2,1H3. The summed E-state index contributed by atoms with van der Waals surface area (Å²) < 4.78 is 2.64. The highest BCUT2D eigenvalue weighted by atomic mass is 15.0. The van der Waals surface area contributed by atoms with Crippen LogP contribution in [0.3, 0.4) is 0 Å². The summed E-state index contributed by atoms with van der Waals surface area (Å²) in [5, 5.41) is 0. The van der Waals surface area contributed by atoms with Crippen molar-refractivity contribution in [2.24, 2.45) is 7.05 Å². The molecule has 0 fully saturated rings. The molecule has 0 N–H and O–H groups in total. The van der Waals surface area contributed by atoms with Crippen molar-refractivity contribution in [2.45, 2.75) is 109 Å². The van der Waals surface area contributed by atoms with Crippen LogP contribution < -0.4 is 0 Å². The quantitative estimate of drug-likeness (QED) is 0.530. The number of nitrogens with zero attached hydrogens (tertiary/aromatic N) is 1. The van der Waals surface area contributed by atoms with Crippen LogP contribution in [0.4, 0.5) is 0 Å². The molecule has 1 heterocycles. The van der Waals surface area contributed by atoms with Gasteiger partial charge in [-0.2, -0.15) is 0 Å². The van der Waals surface area contributed by atoms with Crippen molar-refractivity contribution in [3.8, 4) is 0 Å². The highest BCUT2D eigenvalue weighted by Gasteiger charge is 2.20. The average molecular weight is 316 g/mol. The van der Waals surface area contributed by atoms with Gasteiger partial charge in [0.2, 0.25) is 0 Å². The minimum absolute atomic E-state index is 1.33. The monoisotopic (exact) mass is 315 g/mol. The van der Waals surface area contributed by atoms with Crippen LogP contribution in [0, 0.1) is 0 Å². The van der Waals surface area contributed by atoms with Gasteiger partial charge in [-0.1, -0.05) is 57.8 Å². The molecule has 23 heavy (non-hydrogen) atoms. The third-order valence-corrected chi connectivity index (χ3v) is 6.30. The van der Waals surface area contributed by atoms with Crippen molar-refractivity contribution >= 4 is 0 Å². The molecule has 2 aliphatic rings. The van der Waals surface area contributed by atoms with E-state index in [0.29, 0.717) is 0 Å². The maximum absolute atomic E-state index is 2.64. The van der Waals surface area contributed by atoms with Crippen molar-refractivity contribution in [2.75, 3.05) is 0 Å². The van der Waals surface area contributed by atoms with E-state index in [9.17, 15) is 0 Å². The van der Waals surface area contributed by atoms with E-state index < -0.39 is 0 Å². The average Bonchev–Trinajstić information content (AvgIpc) is 2.85. The van der Waals surface area contributed by atoms with Crippen LogP contribution in [-0.4, -0.2) is 4.57 Å². The van der Waals surface area contributed by atoms with Gasteiger partial charge in [0.05, 0.1) is 0 Å². The van der Waals surface area contributed by atoms with E-state index in [0.717, 1.165) is 0 Å². The van der Waals surface area contributed by atoms with Gasteiger partial charge in [0.1, 0.15) is 0 Å². The molecule has 2 aliphatic carbocycles. The molecule has 0 aromatic carbocycles. The SMILES string of the molecule is Cn1c2c(c3c1CCCCCCC3)CCCCCCCCCC2. The van der Waals surface area contributed by atoms with Gasteiger partial charge >= 0.3 is 0 Å². The normalized spacial score (nSPS) is 21.8. The van der Waals surface area contributed by atoms with Crippen molar-refractivity contribution in [3.63, 3.8) is 0 Å². The van der Waals surface area contributed by atoms with E-state index in [4.69, 9.17) is 0 Å². The number of rotatable bonds is 0. The zero-order chi connectivity index (χ0) is 15.9. The molecule has 0 spiro atoms. The first-order chi connectivity index (χ1) is 11.4. The van der Waals surface area contributed by atoms with Gasteiger partial charge in [-0.3, -0.25) is 0 Å². The molecule has 0 aliphatic heterocycles. The molecule has 0 saturated carbocycles. The molecule has 0 radical (unpaired) electrons. The molecule has 0 amide bonds. The summed E-state index contributed by atoms with van der Waals surface area (Å²) in [5.41, 5.74) is 7.02. The summed E-state index contributed by atoms with van der Waals surface area (Å²) in [7, 11) is 2.38. The lowest BCUT2D eigenvalue weighted by Crippen LogP contribution is -2.04. The third-order valence-electron chi connectivity index (χ3n) is 6.30. The number of hydrogen-bond donors (Lipinski definition) is 0. The fourth-order valence-corrected chi connectivity index (χ4v) is 4.92. The number of hydrogen-bond acceptors (Lipinski definition) is 0. The lowest BCUT2D eigenvalue weighted by molar-refractivity contribution is 0.552. The van der Waals surface area contributed by atoms with Crippen LogP contribution >= 0.6 is 0 Å². The van der Waals surface area contributed by atoms with Gasteiger partial charge in [0, 0.05) is 18.4 Å². The number of aromatic nitrogens is 1. The fourth-order valence-electron chi connectivity index (χ4n) is 4.92. The van der Waals surface area contributed by atoms with Gasteiger partial charge in [-0.15, -0.1) is 0 Å². The molecular weight excluding hydrogens is 278 g/mol. The predicted octanol–water partition coefficient (Wildman–Crippen LogP) is 6.29. The molecule has 0 atom stereocenters. The molecule has 130 valence electrons. The Kier molecular flexibility index (Phi) is 6.66. The minimum atomic E-state index is 1.33. The third kappa shape index (κ3) is 4.43. The zero-order valence-corrected chi connectivity index (χ0v) is 15.5. The summed E-state index contributed by atoms with van der Waals surface area (Å²) >= 11 is 0. The second-order valence-electron chi connectivity index (χ2n) is 8.01. The highest BCUT2D eigenvalue weighted by Crippen LogP contribution is 2.31. The van der Waals surface area contributed by atoms with Crippen LogP contribution in [0.15, 0.2) is 0 Å². The lowest BCUT2D eigenvalue weighted by atomic mass is 9.94. The second kappa shape index (κ2) is 8.94. The molecule has 0 saturated heterocycles. The maximum atomic E-state index is 2.64. The van der Waals surface area contributed by atoms with E-state index in [1.807, 2.05) is 0 Å². The Bertz CT molecular complexity index is 483. The van der Waals surface area contributed by atoms with Gasteiger partial charge < -0.3 is 4.57 Å². The molecule has 1 aromatic rings. The van der Waals surface area contributed by atoms with Gasteiger partial charge in [0.25, 0.3) is 0 Å². The minimum Gasteiger partial charge on any atom is -0.351 e. The fraction of sp³-hybridized carbons (Fsp3) is 0.818. The topological polar surface area (TPSA) is 4.93 Å².